The van der Waals surface area contributed by atoms with Crippen molar-refractivity contribution < 1.29 is 5.11 Å². The second-order valence-corrected chi connectivity index (χ2v) is 4.99. The molecule has 0 aliphatic carbocycles. The number of hydrogen-bond acceptors (Lipinski definition) is 2. The standard InChI is InChI=1S/C18H23NO.ClH/c20-15-7-13-19-14-12-18(16-8-3-1-4-9-16)17-10-5-2-6-11-17;/h1-6,8-11,18-20H,7,12-15H2;1H. The second-order valence-electron chi connectivity index (χ2n) is 4.99. The van der Waals surface area contributed by atoms with Crippen LogP contribution in [-0.2, 0) is 0 Å². The molecule has 3 heteroatoms. The van der Waals surface area contributed by atoms with Crippen molar-refractivity contribution in [2.24, 2.45) is 0 Å². The number of rotatable bonds is 8. The molecule has 0 heterocycles. The van der Waals surface area contributed by atoms with Gasteiger partial charge < -0.3 is 10.4 Å². The van der Waals surface area contributed by atoms with E-state index in [9.17, 15) is 0 Å². The third-order valence-corrected chi connectivity index (χ3v) is 3.53. The minimum atomic E-state index is 0. The molecular weight excluding hydrogens is 282 g/mol. The van der Waals surface area contributed by atoms with Crippen LogP contribution in [0.2, 0.25) is 0 Å². The van der Waals surface area contributed by atoms with Crippen molar-refractivity contribution in [3.8, 4) is 0 Å². The predicted molar refractivity (Wildman–Crippen MR) is 91.2 cm³/mol. The van der Waals surface area contributed by atoms with E-state index < -0.39 is 0 Å². The SMILES string of the molecule is Cl.OCCCNCCC(c1ccccc1)c1ccccc1. The van der Waals surface area contributed by atoms with E-state index in [0.717, 1.165) is 25.9 Å². The van der Waals surface area contributed by atoms with E-state index in [1.165, 1.54) is 11.1 Å². The zero-order valence-corrected chi connectivity index (χ0v) is 13.1. The lowest BCUT2D eigenvalue weighted by atomic mass is 9.88. The number of halogens is 1. The van der Waals surface area contributed by atoms with Gasteiger partial charge in [0.1, 0.15) is 0 Å². The maximum absolute atomic E-state index is 8.79. The Morgan fingerprint density at radius 3 is 1.81 bits per heavy atom. The minimum absolute atomic E-state index is 0. The summed E-state index contributed by atoms with van der Waals surface area (Å²) in [6, 6.07) is 21.3. The maximum Gasteiger partial charge on any atom is 0.0443 e. The van der Waals surface area contributed by atoms with Gasteiger partial charge >= 0.3 is 0 Å². The van der Waals surface area contributed by atoms with Gasteiger partial charge in [-0.1, -0.05) is 60.7 Å². The van der Waals surface area contributed by atoms with E-state index >= 15 is 0 Å². The first-order chi connectivity index (χ1) is 9.92. The van der Waals surface area contributed by atoms with Gasteiger partial charge in [-0.3, -0.25) is 0 Å². The third kappa shape index (κ3) is 5.88. The van der Waals surface area contributed by atoms with Crippen LogP contribution in [0.3, 0.4) is 0 Å². The van der Waals surface area contributed by atoms with Crippen molar-refractivity contribution in [2.75, 3.05) is 19.7 Å². The fourth-order valence-corrected chi connectivity index (χ4v) is 2.47. The highest BCUT2D eigenvalue weighted by Crippen LogP contribution is 2.27. The molecule has 2 aromatic carbocycles. The number of aliphatic hydroxyl groups excluding tert-OH is 1. The van der Waals surface area contributed by atoms with Crippen LogP contribution >= 0.6 is 12.4 Å². The van der Waals surface area contributed by atoms with E-state index in [4.69, 9.17) is 5.11 Å². The Morgan fingerprint density at radius 2 is 1.33 bits per heavy atom. The zero-order valence-electron chi connectivity index (χ0n) is 12.2. The first kappa shape index (κ1) is 17.7. The van der Waals surface area contributed by atoms with Gasteiger partial charge in [-0.15, -0.1) is 12.4 Å². The van der Waals surface area contributed by atoms with Crippen LogP contribution in [0.5, 0.6) is 0 Å². The molecule has 0 saturated heterocycles. The Morgan fingerprint density at radius 1 is 0.810 bits per heavy atom. The fraction of sp³-hybridized carbons (Fsp3) is 0.333. The van der Waals surface area contributed by atoms with Crippen molar-refractivity contribution in [3.05, 3.63) is 71.8 Å². The summed E-state index contributed by atoms with van der Waals surface area (Å²) >= 11 is 0. The average molecular weight is 306 g/mol. The van der Waals surface area contributed by atoms with Gasteiger partial charge in [-0.2, -0.15) is 0 Å². The highest BCUT2D eigenvalue weighted by molar-refractivity contribution is 5.85. The summed E-state index contributed by atoms with van der Waals surface area (Å²) in [5.74, 6) is 0.430. The van der Waals surface area contributed by atoms with Crippen molar-refractivity contribution in [3.63, 3.8) is 0 Å². The lowest BCUT2D eigenvalue weighted by molar-refractivity contribution is 0.286. The van der Waals surface area contributed by atoms with Crippen molar-refractivity contribution in [2.45, 2.75) is 18.8 Å². The van der Waals surface area contributed by atoms with Crippen molar-refractivity contribution in [1.29, 1.82) is 0 Å². The maximum atomic E-state index is 8.79. The molecule has 21 heavy (non-hydrogen) atoms. The Hall–Kier alpha value is -1.35. The Bertz CT molecular complexity index is 436. The highest BCUT2D eigenvalue weighted by Gasteiger charge is 2.12. The molecule has 0 spiro atoms. The molecule has 114 valence electrons. The van der Waals surface area contributed by atoms with Gasteiger partial charge in [0.15, 0.2) is 0 Å². The van der Waals surface area contributed by atoms with E-state index in [1.807, 2.05) is 0 Å². The smallest absolute Gasteiger partial charge is 0.0443 e. The number of nitrogens with one attached hydrogen (secondary N) is 1. The second kappa shape index (κ2) is 10.4. The number of hydrogen-bond donors (Lipinski definition) is 2. The summed E-state index contributed by atoms with van der Waals surface area (Å²) < 4.78 is 0. The normalized spacial score (nSPS) is 10.4. The molecule has 0 aliphatic heterocycles. The average Bonchev–Trinajstić information content (AvgIpc) is 2.53. The summed E-state index contributed by atoms with van der Waals surface area (Å²) in [5.41, 5.74) is 2.73. The fourth-order valence-electron chi connectivity index (χ4n) is 2.47. The van der Waals surface area contributed by atoms with Crippen LogP contribution in [0.4, 0.5) is 0 Å². The Kier molecular flexibility index (Phi) is 8.76. The van der Waals surface area contributed by atoms with Crippen LogP contribution in [-0.4, -0.2) is 24.8 Å². The monoisotopic (exact) mass is 305 g/mol. The van der Waals surface area contributed by atoms with Gasteiger partial charge in [0.2, 0.25) is 0 Å². The van der Waals surface area contributed by atoms with Crippen molar-refractivity contribution >= 4 is 12.4 Å². The molecule has 0 fully saturated rings. The molecular formula is C18H24ClNO. The topological polar surface area (TPSA) is 32.3 Å². The quantitative estimate of drug-likeness (QED) is 0.730. The first-order valence-electron chi connectivity index (χ1n) is 7.33. The van der Waals surface area contributed by atoms with Crippen LogP contribution in [0.25, 0.3) is 0 Å². The molecule has 0 atom stereocenters. The number of aliphatic hydroxyl groups is 1. The molecule has 0 unspecified atom stereocenters. The Labute approximate surface area is 133 Å². The van der Waals surface area contributed by atoms with E-state index in [2.05, 4.69) is 66.0 Å². The van der Waals surface area contributed by atoms with Crippen LogP contribution in [0.1, 0.15) is 29.9 Å². The molecule has 0 amide bonds. The van der Waals surface area contributed by atoms with E-state index in [0.29, 0.717) is 5.92 Å². The first-order valence-corrected chi connectivity index (χ1v) is 7.33. The molecule has 0 radical (unpaired) electrons. The minimum Gasteiger partial charge on any atom is -0.396 e. The molecule has 0 saturated carbocycles. The molecule has 0 aromatic heterocycles. The molecule has 2 aromatic rings. The van der Waals surface area contributed by atoms with Crippen molar-refractivity contribution in [1.82, 2.24) is 5.32 Å². The summed E-state index contributed by atoms with van der Waals surface area (Å²) in [6.45, 7) is 2.11. The summed E-state index contributed by atoms with van der Waals surface area (Å²) in [4.78, 5) is 0. The molecule has 2 N–H and O–H groups in total. The summed E-state index contributed by atoms with van der Waals surface area (Å²) in [7, 11) is 0. The lowest BCUT2D eigenvalue weighted by Gasteiger charge is -2.18. The van der Waals surface area contributed by atoms with E-state index in [1.54, 1.807) is 0 Å². The van der Waals surface area contributed by atoms with E-state index in [-0.39, 0.29) is 19.0 Å². The zero-order chi connectivity index (χ0) is 14.0. The molecule has 0 bridgehead atoms. The third-order valence-electron chi connectivity index (χ3n) is 3.53. The van der Waals surface area contributed by atoms with Gasteiger partial charge in [0, 0.05) is 12.5 Å². The van der Waals surface area contributed by atoms with Gasteiger partial charge in [0.25, 0.3) is 0 Å². The van der Waals surface area contributed by atoms with Gasteiger partial charge in [-0.05, 0) is 37.1 Å². The van der Waals surface area contributed by atoms with Crippen LogP contribution in [0, 0.1) is 0 Å². The molecule has 0 aliphatic rings. The summed E-state index contributed by atoms with van der Waals surface area (Å²) in [6.07, 6.45) is 1.89. The predicted octanol–water partition coefficient (Wildman–Crippen LogP) is 3.60. The number of benzene rings is 2. The molecule has 2 nitrogen and oxygen atoms in total. The Balaban J connectivity index is 0.00000220. The lowest BCUT2D eigenvalue weighted by Crippen LogP contribution is -2.20. The van der Waals surface area contributed by atoms with Crippen LogP contribution in [0.15, 0.2) is 60.7 Å². The highest BCUT2D eigenvalue weighted by atomic mass is 35.5. The summed E-state index contributed by atoms with van der Waals surface area (Å²) in [5, 5.41) is 12.2. The largest absolute Gasteiger partial charge is 0.396 e. The van der Waals surface area contributed by atoms with Gasteiger partial charge in [0.05, 0.1) is 0 Å². The molecule has 2 rings (SSSR count). The van der Waals surface area contributed by atoms with Crippen LogP contribution < -0.4 is 5.32 Å². The van der Waals surface area contributed by atoms with Gasteiger partial charge in [-0.25, -0.2) is 0 Å².